The second kappa shape index (κ2) is 10.6. The molecule has 2 aromatic rings. The van der Waals surface area contributed by atoms with Crippen LogP contribution in [0.5, 0.6) is 0 Å². The van der Waals surface area contributed by atoms with Crippen LogP contribution < -0.4 is 15.4 Å². The minimum Gasteiger partial charge on any atom is -0.452 e. The number of carbonyl (C=O) groups is 2. The molecule has 0 aliphatic rings. The number of nitrogens with one attached hydrogen (secondary N) is 3. The number of hydrogen-bond acceptors (Lipinski definition) is 8. The quantitative estimate of drug-likeness (QED) is 0.478. The third-order valence-electron chi connectivity index (χ3n) is 3.68. The molecule has 0 aliphatic carbocycles. The van der Waals surface area contributed by atoms with Crippen molar-refractivity contribution < 1.29 is 22.7 Å². The van der Waals surface area contributed by atoms with Gasteiger partial charge >= 0.3 is 5.97 Å². The number of anilines is 2. The fraction of sp³-hybridized carbons (Fsp3) is 0.368. The Hall–Kier alpha value is -3.05. The molecule has 1 heterocycles. The Labute approximate surface area is 175 Å². The summed E-state index contributed by atoms with van der Waals surface area (Å²) in [6, 6.07) is 7.13. The monoisotopic (exact) mass is 435 g/mol. The average Bonchev–Trinajstić information content (AvgIpc) is 2.68. The minimum absolute atomic E-state index is 0.0330. The predicted octanol–water partition coefficient (Wildman–Crippen LogP) is 1.54. The number of ether oxygens (including phenoxy) is 1. The molecule has 0 bridgehead atoms. The molecule has 2 rings (SSSR count). The number of rotatable bonds is 10. The van der Waals surface area contributed by atoms with Crippen molar-refractivity contribution in [1.29, 1.82) is 0 Å². The van der Waals surface area contributed by atoms with E-state index in [0.29, 0.717) is 11.6 Å². The van der Waals surface area contributed by atoms with Gasteiger partial charge in [-0.3, -0.25) is 9.59 Å². The first-order chi connectivity index (χ1) is 14.2. The third kappa shape index (κ3) is 7.41. The molecule has 1 atom stereocenters. The molecule has 0 aliphatic heterocycles. The second-order valence-corrected chi connectivity index (χ2v) is 8.38. The van der Waals surface area contributed by atoms with E-state index < -0.39 is 28.0 Å². The van der Waals surface area contributed by atoms with Crippen LogP contribution in [0.15, 0.2) is 47.6 Å². The van der Waals surface area contributed by atoms with Crippen molar-refractivity contribution in [3.8, 4) is 0 Å². The van der Waals surface area contributed by atoms with Crippen molar-refractivity contribution >= 4 is 33.5 Å². The van der Waals surface area contributed by atoms with Gasteiger partial charge in [0.15, 0.2) is 6.10 Å². The zero-order valence-electron chi connectivity index (χ0n) is 17.0. The fourth-order valence-electron chi connectivity index (χ4n) is 2.32. The molecule has 10 nitrogen and oxygen atoms in total. The third-order valence-corrected chi connectivity index (χ3v) is 5.35. The average molecular weight is 436 g/mol. The van der Waals surface area contributed by atoms with E-state index in [4.69, 9.17) is 4.74 Å². The van der Waals surface area contributed by atoms with Gasteiger partial charge in [0.2, 0.25) is 16.0 Å². The van der Waals surface area contributed by atoms with E-state index in [1.165, 1.54) is 31.2 Å². The van der Waals surface area contributed by atoms with Crippen LogP contribution >= 0.6 is 0 Å². The topological polar surface area (TPSA) is 139 Å². The normalized spacial score (nSPS) is 12.3. The van der Waals surface area contributed by atoms with Gasteiger partial charge < -0.3 is 15.4 Å². The Balaban J connectivity index is 1.81. The van der Waals surface area contributed by atoms with Gasteiger partial charge in [-0.1, -0.05) is 0 Å². The van der Waals surface area contributed by atoms with Gasteiger partial charge in [-0.25, -0.2) is 23.1 Å². The summed E-state index contributed by atoms with van der Waals surface area (Å²) in [5, 5.41) is 5.45. The van der Waals surface area contributed by atoms with Crippen LogP contribution in [-0.4, -0.2) is 49.0 Å². The van der Waals surface area contributed by atoms with Crippen LogP contribution in [0, 0.1) is 0 Å². The van der Waals surface area contributed by atoms with Crippen molar-refractivity contribution in [3.05, 3.63) is 42.7 Å². The molecule has 30 heavy (non-hydrogen) atoms. The maximum atomic E-state index is 12.2. The highest BCUT2D eigenvalue weighted by Crippen LogP contribution is 2.15. The maximum absolute atomic E-state index is 12.2. The SMILES string of the molecule is CC(C)NS(=O)(=O)c1ccc(NC(=O)C(C)OC(=O)CCNc2ncccn2)cc1. The van der Waals surface area contributed by atoms with E-state index in [2.05, 4.69) is 25.3 Å². The van der Waals surface area contributed by atoms with Crippen LogP contribution in [0.4, 0.5) is 11.6 Å². The first-order valence-electron chi connectivity index (χ1n) is 9.31. The number of amides is 1. The molecule has 0 spiro atoms. The molecule has 11 heteroatoms. The van der Waals surface area contributed by atoms with E-state index >= 15 is 0 Å². The lowest BCUT2D eigenvalue weighted by Gasteiger charge is -2.14. The molecule has 1 aromatic carbocycles. The Morgan fingerprint density at radius 3 is 2.30 bits per heavy atom. The van der Waals surface area contributed by atoms with Gasteiger partial charge in [-0.15, -0.1) is 0 Å². The zero-order valence-corrected chi connectivity index (χ0v) is 17.8. The van der Waals surface area contributed by atoms with Crippen molar-refractivity contribution in [2.45, 2.75) is 44.2 Å². The summed E-state index contributed by atoms with van der Waals surface area (Å²) in [5.41, 5.74) is 0.384. The van der Waals surface area contributed by atoms with E-state index in [1.54, 1.807) is 32.3 Å². The van der Waals surface area contributed by atoms with Crippen LogP contribution in [0.2, 0.25) is 0 Å². The highest BCUT2D eigenvalue weighted by molar-refractivity contribution is 7.89. The van der Waals surface area contributed by atoms with Crippen molar-refractivity contribution in [3.63, 3.8) is 0 Å². The first-order valence-corrected chi connectivity index (χ1v) is 10.8. The van der Waals surface area contributed by atoms with Gasteiger partial charge in [0.25, 0.3) is 5.91 Å². The largest absolute Gasteiger partial charge is 0.452 e. The summed E-state index contributed by atoms with van der Waals surface area (Å²) in [7, 11) is -3.61. The van der Waals surface area contributed by atoms with E-state index in [0.717, 1.165) is 0 Å². The molecule has 1 amide bonds. The number of nitrogens with zero attached hydrogens (tertiary/aromatic N) is 2. The van der Waals surface area contributed by atoms with E-state index in [-0.39, 0.29) is 23.9 Å². The Morgan fingerprint density at radius 1 is 1.07 bits per heavy atom. The molecular formula is C19H25N5O5S. The minimum atomic E-state index is -3.61. The van der Waals surface area contributed by atoms with Crippen molar-refractivity contribution in [1.82, 2.24) is 14.7 Å². The fourth-order valence-corrected chi connectivity index (χ4v) is 3.57. The number of carbonyl (C=O) groups excluding carboxylic acids is 2. The lowest BCUT2D eigenvalue weighted by molar-refractivity contribution is -0.152. The summed E-state index contributed by atoms with van der Waals surface area (Å²) in [5.74, 6) is -0.689. The summed E-state index contributed by atoms with van der Waals surface area (Å²) >= 11 is 0. The summed E-state index contributed by atoms with van der Waals surface area (Å²) in [6.07, 6.45) is 2.16. The van der Waals surface area contributed by atoms with Gasteiger partial charge in [-0.05, 0) is 51.1 Å². The summed E-state index contributed by atoms with van der Waals surface area (Å²) in [4.78, 5) is 32.1. The van der Waals surface area contributed by atoms with Crippen molar-refractivity contribution in [2.24, 2.45) is 0 Å². The Morgan fingerprint density at radius 2 is 1.70 bits per heavy atom. The Kier molecular flexibility index (Phi) is 8.25. The zero-order chi connectivity index (χ0) is 22.1. The van der Waals surface area contributed by atoms with Gasteiger partial charge in [0, 0.05) is 30.7 Å². The maximum Gasteiger partial charge on any atom is 0.308 e. The van der Waals surface area contributed by atoms with Gasteiger partial charge in [0.1, 0.15) is 0 Å². The first kappa shape index (κ1) is 23.2. The van der Waals surface area contributed by atoms with Gasteiger partial charge in [0.05, 0.1) is 11.3 Å². The molecule has 0 saturated carbocycles. The molecule has 3 N–H and O–H groups in total. The van der Waals surface area contributed by atoms with E-state index in [1.807, 2.05) is 0 Å². The predicted molar refractivity (Wildman–Crippen MR) is 111 cm³/mol. The van der Waals surface area contributed by atoms with Gasteiger partial charge in [-0.2, -0.15) is 0 Å². The van der Waals surface area contributed by atoms with Crippen LogP contribution in [0.25, 0.3) is 0 Å². The summed E-state index contributed by atoms with van der Waals surface area (Å²) in [6.45, 7) is 5.16. The van der Waals surface area contributed by atoms with Crippen molar-refractivity contribution in [2.75, 3.05) is 17.2 Å². The smallest absolute Gasteiger partial charge is 0.308 e. The molecule has 1 aromatic heterocycles. The highest BCUT2D eigenvalue weighted by atomic mass is 32.2. The van der Waals surface area contributed by atoms with Crippen LogP contribution in [0.3, 0.4) is 0 Å². The van der Waals surface area contributed by atoms with Crippen LogP contribution in [-0.2, 0) is 24.3 Å². The van der Waals surface area contributed by atoms with E-state index in [9.17, 15) is 18.0 Å². The number of esters is 1. The Bertz CT molecular complexity index is 949. The standard InChI is InChI=1S/C19H25N5O5S/c1-13(2)24-30(27,28)16-7-5-15(6-8-16)23-18(26)14(3)29-17(25)9-12-22-19-20-10-4-11-21-19/h4-8,10-11,13-14,24H,9,12H2,1-3H3,(H,23,26)(H,20,21,22). The molecule has 0 fully saturated rings. The molecule has 0 radical (unpaired) electrons. The highest BCUT2D eigenvalue weighted by Gasteiger charge is 2.19. The van der Waals surface area contributed by atoms with Crippen LogP contribution in [0.1, 0.15) is 27.2 Å². The summed E-state index contributed by atoms with van der Waals surface area (Å²) < 4.78 is 31.8. The lowest BCUT2D eigenvalue weighted by Crippen LogP contribution is -2.31. The lowest BCUT2D eigenvalue weighted by atomic mass is 10.3. The molecule has 162 valence electrons. The number of aromatic nitrogens is 2. The number of benzene rings is 1. The number of hydrogen-bond donors (Lipinski definition) is 3. The number of sulfonamides is 1. The second-order valence-electron chi connectivity index (χ2n) is 6.67. The molecule has 1 unspecified atom stereocenters. The molecular weight excluding hydrogens is 410 g/mol. The molecule has 0 saturated heterocycles.